The lowest BCUT2D eigenvalue weighted by molar-refractivity contribution is -0.112. The first-order chi connectivity index (χ1) is 12.3. The smallest absolute Gasteiger partial charge is 0.187 e. The molecule has 4 aliphatic rings. The molecule has 25 heavy (non-hydrogen) atoms. The standard InChI is InChI=1S/C22H16N2O/c25-22-15-6-5-12-9-10-23-21(19(12)15)20-14(7-8-16(20)22)17-11-24-18-4-2-1-3-13(17)18/h1-5,7,11,24H,6,8-10H2. The molecule has 0 unspecified atom stereocenters. The highest BCUT2D eigenvalue weighted by molar-refractivity contribution is 6.36. The van der Waals surface area contributed by atoms with Crippen LogP contribution in [-0.2, 0) is 4.79 Å². The number of aromatic amines is 1. The Hall–Kier alpha value is -2.94. The molecule has 3 heteroatoms. The van der Waals surface area contributed by atoms with Gasteiger partial charge >= 0.3 is 0 Å². The highest BCUT2D eigenvalue weighted by atomic mass is 16.1. The number of ketones is 1. The molecular formula is C22H16N2O. The summed E-state index contributed by atoms with van der Waals surface area (Å²) in [6.07, 6.45) is 8.96. The summed E-state index contributed by atoms with van der Waals surface area (Å²) >= 11 is 0. The van der Waals surface area contributed by atoms with Gasteiger partial charge in [0.2, 0.25) is 0 Å². The number of carbonyl (C=O) groups excluding carboxylic acids is 1. The van der Waals surface area contributed by atoms with Gasteiger partial charge in [-0.05, 0) is 36.5 Å². The summed E-state index contributed by atoms with van der Waals surface area (Å²) in [4.78, 5) is 21.3. The lowest BCUT2D eigenvalue weighted by Crippen LogP contribution is -2.24. The van der Waals surface area contributed by atoms with E-state index in [2.05, 4.69) is 41.5 Å². The number of aliphatic imine (C=N–C) groups is 1. The highest BCUT2D eigenvalue weighted by Crippen LogP contribution is 2.48. The van der Waals surface area contributed by atoms with E-state index in [9.17, 15) is 4.79 Å². The molecule has 6 rings (SSSR count). The molecule has 2 heterocycles. The molecule has 120 valence electrons. The maximum absolute atomic E-state index is 13.1. The number of rotatable bonds is 1. The molecule has 0 saturated heterocycles. The van der Waals surface area contributed by atoms with Gasteiger partial charge in [-0.3, -0.25) is 9.79 Å². The number of nitrogens with zero attached hydrogens (tertiary/aromatic N) is 1. The SMILES string of the molecule is O=C1C2=C3C(=CC2)CCN=C3C2=C1CC=C2c1c[nH]c2ccccc12. The number of carbonyl (C=O) groups is 1. The van der Waals surface area contributed by atoms with Crippen LogP contribution in [0.4, 0.5) is 0 Å². The van der Waals surface area contributed by atoms with Crippen LogP contribution >= 0.6 is 0 Å². The second-order valence-electron chi connectivity index (χ2n) is 7.02. The number of Topliss-reactive ketones (excluding diaryl/α,β-unsaturated/α-hetero) is 1. The molecule has 0 amide bonds. The molecule has 0 fully saturated rings. The molecule has 3 nitrogen and oxygen atoms in total. The largest absolute Gasteiger partial charge is 0.361 e. The fourth-order valence-corrected chi connectivity index (χ4v) is 4.69. The van der Waals surface area contributed by atoms with Gasteiger partial charge in [0.1, 0.15) is 0 Å². The summed E-state index contributed by atoms with van der Waals surface area (Å²) in [7, 11) is 0. The van der Waals surface area contributed by atoms with Crippen LogP contribution in [0.2, 0.25) is 0 Å². The number of fused-ring (bicyclic) bond motifs is 2. The molecule has 1 aromatic carbocycles. The van der Waals surface area contributed by atoms with Crippen molar-refractivity contribution in [2.24, 2.45) is 4.99 Å². The number of nitrogens with one attached hydrogen (secondary N) is 1. The van der Waals surface area contributed by atoms with E-state index in [1.807, 2.05) is 6.07 Å². The van der Waals surface area contributed by atoms with Crippen molar-refractivity contribution in [1.82, 2.24) is 4.98 Å². The average molecular weight is 324 g/mol. The monoisotopic (exact) mass is 324 g/mol. The number of hydrogen-bond acceptors (Lipinski definition) is 2. The third-order valence-electron chi connectivity index (χ3n) is 5.81. The summed E-state index contributed by atoms with van der Waals surface area (Å²) in [5.74, 6) is 0.239. The van der Waals surface area contributed by atoms with E-state index in [0.717, 1.165) is 52.9 Å². The van der Waals surface area contributed by atoms with Gasteiger partial charge in [0.05, 0.1) is 5.71 Å². The molecule has 1 N–H and O–H groups in total. The number of H-pyrrole nitrogens is 1. The molecule has 2 aromatic rings. The van der Waals surface area contributed by atoms with E-state index < -0.39 is 0 Å². The number of hydrogen-bond donors (Lipinski definition) is 1. The molecule has 0 spiro atoms. The second-order valence-corrected chi connectivity index (χ2v) is 7.02. The molecule has 0 bridgehead atoms. The van der Waals surface area contributed by atoms with E-state index >= 15 is 0 Å². The Morgan fingerprint density at radius 2 is 1.84 bits per heavy atom. The van der Waals surface area contributed by atoms with Crippen molar-refractivity contribution in [2.45, 2.75) is 19.3 Å². The maximum atomic E-state index is 13.1. The van der Waals surface area contributed by atoms with Crippen LogP contribution in [0.15, 0.2) is 75.5 Å². The minimum atomic E-state index is 0.239. The molecular weight excluding hydrogens is 308 g/mol. The summed E-state index contributed by atoms with van der Waals surface area (Å²) in [6, 6.07) is 8.33. The molecule has 0 radical (unpaired) electrons. The fourth-order valence-electron chi connectivity index (χ4n) is 4.69. The predicted octanol–water partition coefficient (Wildman–Crippen LogP) is 4.31. The van der Waals surface area contributed by atoms with Crippen LogP contribution in [-0.4, -0.2) is 23.0 Å². The van der Waals surface area contributed by atoms with E-state index in [0.29, 0.717) is 6.42 Å². The predicted molar refractivity (Wildman–Crippen MR) is 99.6 cm³/mol. The maximum Gasteiger partial charge on any atom is 0.187 e. The topological polar surface area (TPSA) is 45.2 Å². The average Bonchev–Trinajstić information content (AvgIpc) is 3.36. The highest BCUT2D eigenvalue weighted by Gasteiger charge is 2.40. The first-order valence-electron chi connectivity index (χ1n) is 8.85. The minimum absolute atomic E-state index is 0.239. The Morgan fingerprint density at radius 3 is 2.80 bits per heavy atom. The number of aromatic nitrogens is 1. The summed E-state index contributed by atoms with van der Waals surface area (Å²) in [5, 5.41) is 1.20. The lowest BCUT2D eigenvalue weighted by atomic mass is 9.79. The van der Waals surface area contributed by atoms with E-state index in [-0.39, 0.29) is 5.78 Å². The van der Waals surface area contributed by atoms with Gasteiger partial charge in [-0.2, -0.15) is 0 Å². The quantitative estimate of drug-likeness (QED) is 0.781. The zero-order chi connectivity index (χ0) is 16.5. The van der Waals surface area contributed by atoms with E-state index in [1.54, 1.807) is 0 Å². The van der Waals surface area contributed by atoms with Crippen LogP contribution in [0.1, 0.15) is 24.8 Å². The van der Waals surface area contributed by atoms with Gasteiger partial charge in [0.25, 0.3) is 0 Å². The summed E-state index contributed by atoms with van der Waals surface area (Å²) in [6.45, 7) is 0.823. The van der Waals surface area contributed by atoms with Crippen molar-refractivity contribution in [1.29, 1.82) is 0 Å². The Balaban J connectivity index is 1.58. The van der Waals surface area contributed by atoms with Gasteiger partial charge in [-0.15, -0.1) is 0 Å². The van der Waals surface area contributed by atoms with Crippen LogP contribution < -0.4 is 0 Å². The molecule has 0 saturated carbocycles. The van der Waals surface area contributed by atoms with Crippen molar-refractivity contribution in [3.05, 3.63) is 76.0 Å². The van der Waals surface area contributed by atoms with Crippen molar-refractivity contribution < 1.29 is 4.79 Å². The second kappa shape index (κ2) is 4.57. The van der Waals surface area contributed by atoms with Crippen LogP contribution in [0.5, 0.6) is 0 Å². The van der Waals surface area contributed by atoms with Crippen LogP contribution in [0.25, 0.3) is 16.5 Å². The van der Waals surface area contributed by atoms with Gasteiger partial charge < -0.3 is 4.98 Å². The van der Waals surface area contributed by atoms with Gasteiger partial charge in [-0.1, -0.05) is 30.4 Å². The van der Waals surface area contributed by atoms with E-state index in [1.165, 1.54) is 22.1 Å². The molecule has 3 aliphatic carbocycles. The number of allylic oxidation sites excluding steroid dienone is 7. The molecule has 1 aliphatic heterocycles. The molecule has 0 atom stereocenters. The van der Waals surface area contributed by atoms with Gasteiger partial charge in [0, 0.05) is 51.5 Å². The Bertz CT molecular complexity index is 1150. The third-order valence-corrected chi connectivity index (χ3v) is 5.81. The number of para-hydroxylation sites is 1. The fraction of sp³-hybridized carbons (Fsp3) is 0.182. The van der Waals surface area contributed by atoms with Gasteiger partial charge in [-0.25, -0.2) is 0 Å². The van der Waals surface area contributed by atoms with Gasteiger partial charge in [0.15, 0.2) is 5.78 Å². The first kappa shape index (κ1) is 13.4. The first-order valence-corrected chi connectivity index (χ1v) is 8.85. The summed E-state index contributed by atoms with van der Waals surface area (Å²) in [5.41, 5.74) is 9.99. The Morgan fingerprint density at radius 1 is 1.00 bits per heavy atom. The normalized spacial score (nSPS) is 21.4. The zero-order valence-electron chi connectivity index (χ0n) is 13.7. The van der Waals surface area contributed by atoms with Crippen LogP contribution in [0, 0.1) is 0 Å². The Kier molecular flexibility index (Phi) is 2.44. The molecule has 1 aromatic heterocycles. The minimum Gasteiger partial charge on any atom is -0.361 e. The van der Waals surface area contributed by atoms with Crippen molar-refractivity contribution in [2.75, 3.05) is 6.54 Å². The lowest BCUT2D eigenvalue weighted by Gasteiger charge is -2.26. The van der Waals surface area contributed by atoms with Crippen molar-refractivity contribution in [3.63, 3.8) is 0 Å². The Labute approximate surface area is 145 Å². The summed E-state index contributed by atoms with van der Waals surface area (Å²) < 4.78 is 0. The van der Waals surface area contributed by atoms with Crippen molar-refractivity contribution >= 4 is 28.0 Å². The van der Waals surface area contributed by atoms with Crippen LogP contribution in [0.3, 0.4) is 0 Å². The van der Waals surface area contributed by atoms with Crippen molar-refractivity contribution in [3.8, 4) is 0 Å². The number of benzene rings is 1. The zero-order valence-corrected chi connectivity index (χ0v) is 13.7. The van der Waals surface area contributed by atoms with E-state index in [4.69, 9.17) is 4.99 Å². The third kappa shape index (κ3) is 1.60.